The van der Waals surface area contributed by atoms with Gasteiger partial charge in [0.05, 0.1) is 22.8 Å². The van der Waals surface area contributed by atoms with Crippen LogP contribution < -0.4 is 10.4 Å². The van der Waals surface area contributed by atoms with E-state index >= 15 is 0 Å². The molecule has 0 saturated carbocycles. The van der Waals surface area contributed by atoms with Crippen molar-refractivity contribution < 1.29 is 0 Å². The van der Waals surface area contributed by atoms with E-state index in [0.717, 1.165) is 62.9 Å². The fraction of sp³-hybridized carbons (Fsp3) is 0.146. The van der Waals surface area contributed by atoms with Gasteiger partial charge in [-0.15, -0.1) is 0 Å². The number of allylic oxidation sites excluding steroid dienone is 9. The van der Waals surface area contributed by atoms with Crippen LogP contribution in [0.15, 0.2) is 161 Å². The van der Waals surface area contributed by atoms with Gasteiger partial charge < -0.3 is 4.90 Å². The second kappa shape index (κ2) is 13.1. The Balaban J connectivity index is 1.49. The summed E-state index contributed by atoms with van der Waals surface area (Å²) in [5.74, 6) is 1.11. The molecule has 1 unspecified atom stereocenters. The fourth-order valence-corrected chi connectivity index (χ4v) is 6.03. The monoisotopic (exact) mass is 586 g/mol. The lowest BCUT2D eigenvalue weighted by molar-refractivity contribution is 0.570. The highest BCUT2D eigenvalue weighted by molar-refractivity contribution is 6.05. The van der Waals surface area contributed by atoms with Crippen molar-refractivity contribution in [2.24, 2.45) is 10.9 Å². The molecule has 3 aromatic rings. The Morgan fingerprint density at radius 3 is 2.58 bits per heavy atom. The van der Waals surface area contributed by atoms with E-state index in [0.29, 0.717) is 12.2 Å². The van der Waals surface area contributed by atoms with E-state index in [4.69, 9.17) is 9.98 Å². The maximum Gasteiger partial charge on any atom is 0.137 e. The Hall–Kier alpha value is -5.35. The molecule has 4 heterocycles. The van der Waals surface area contributed by atoms with Crippen molar-refractivity contribution in [3.8, 4) is 11.4 Å². The molecule has 0 N–H and O–H groups in total. The molecular weight excluding hydrogens is 548 g/mol. The molecule has 0 saturated heterocycles. The predicted octanol–water partition coefficient (Wildman–Crippen LogP) is 7.88. The van der Waals surface area contributed by atoms with E-state index in [2.05, 4.69) is 117 Å². The van der Waals surface area contributed by atoms with Crippen molar-refractivity contribution in [2.45, 2.75) is 27.2 Å². The van der Waals surface area contributed by atoms with Crippen molar-refractivity contribution in [3.63, 3.8) is 0 Å². The molecule has 0 fully saturated rings. The second-order valence-electron chi connectivity index (χ2n) is 11.5. The van der Waals surface area contributed by atoms with Crippen LogP contribution in [0.25, 0.3) is 29.1 Å². The van der Waals surface area contributed by atoms with Crippen molar-refractivity contribution in [2.75, 3.05) is 6.54 Å². The third kappa shape index (κ3) is 6.32. The van der Waals surface area contributed by atoms with E-state index in [1.165, 1.54) is 10.4 Å². The first-order valence-electron chi connectivity index (χ1n) is 15.4. The molecule has 2 aliphatic heterocycles. The Kier molecular flexibility index (Phi) is 8.65. The summed E-state index contributed by atoms with van der Waals surface area (Å²) in [5, 5.41) is 2.55. The molecule has 222 valence electrons. The lowest BCUT2D eigenvalue weighted by Gasteiger charge is -2.36. The largest absolute Gasteiger partial charge is 0.322 e. The number of fused-ring (bicyclic) bond motifs is 2. The summed E-state index contributed by atoms with van der Waals surface area (Å²) in [6, 6.07) is 20.6. The predicted molar refractivity (Wildman–Crippen MR) is 189 cm³/mol. The Morgan fingerprint density at radius 1 is 0.978 bits per heavy atom. The molecule has 6 rings (SSSR count). The molecule has 3 aliphatic rings. The van der Waals surface area contributed by atoms with Gasteiger partial charge in [0.1, 0.15) is 5.84 Å². The zero-order valence-electron chi connectivity index (χ0n) is 26.2. The minimum absolute atomic E-state index is 0.211. The molecule has 0 spiro atoms. The summed E-state index contributed by atoms with van der Waals surface area (Å²) < 4.78 is 0. The van der Waals surface area contributed by atoms with Crippen LogP contribution in [0, 0.1) is 5.92 Å². The van der Waals surface area contributed by atoms with Gasteiger partial charge in [-0.25, -0.2) is 9.98 Å². The average Bonchev–Trinajstić information content (AvgIpc) is 3.17. The van der Waals surface area contributed by atoms with E-state index in [9.17, 15) is 0 Å². The number of amidine groups is 1. The normalized spacial score (nSPS) is 21.4. The first-order chi connectivity index (χ1) is 21.9. The second-order valence-corrected chi connectivity index (χ2v) is 11.5. The van der Waals surface area contributed by atoms with Gasteiger partial charge in [-0.1, -0.05) is 86.0 Å². The maximum atomic E-state index is 5.02. The third-order valence-electron chi connectivity index (χ3n) is 8.41. The van der Waals surface area contributed by atoms with E-state index in [1.807, 2.05) is 42.5 Å². The van der Waals surface area contributed by atoms with Crippen LogP contribution >= 0.6 is 0 Å². The highest BCUT2D eigenvalue weighted by Crippen LogP contribution is 2.38. The number of benzene rings is 1. The minimum Gasteiger partial charge on any atom is -0.322 e. The number of aromatic nitrogens is 2. The number of hydrogen-bond donors (Lipinski definition) is 0. The molecule has 0 radical (unpaired) electrons. The van der Waals surface area contributed by atoms with Gasteiger partial charge in [0, 0.05) is 29.9 Å². The van der Waals surface area contributed by atoms with Gasteiger partial charge in [0.25, 0.3) is 0 Å². The molecule has 45 heavy (non-hydrogen) atoms. The van der Waals surface area contributed by atoms with Crippen molar-refractivity contribution in [1.29, 1.82) is 0 Å². The van der Waals surface area contributed by atoms with E-state index < -0.39 is 0 Å². The topological polar surface area (TPSA) is 41.4 Å². The summed E-state index contributed by atoms with van der Waals surface area (Å²) in [6.45, 7) is 15.9. The smallest absolute Gasteiger partial charge is 0.137 e. The van der Waals surface area contributed by atoms with Crippen LogP contribution in [-0.4, -0.2) is 27.2 Å². The Bertz CT molecular complexity index is 2010. The Morgan fingerprint density at radius 2 is 1.78 bits per heavy atom. The molecular formula is C41H38N4. The number of hydrogen-bond acceptors (Lipinski definition) is 4. The van der Waals surface area contributed by atoms with Crippen LogP contribution in [-0.2, 0) is 0 Å². The molecule has 4 heteroatoms. The molecule has 2 aromatic heterocycles. The number of pyridine rings is 2. The third-order valence-corrected chi connectivity index (χ3v) is 8.41. The first-order valence-corrected chi connectivity index (χ1v) is 15.4. The van der Waals surface area contributed by atoms with Gasteiger partial charge >= 0.3 is 0 Å². The SMILES string of the molecule is C=C1/C=C\C=C/CN2C(=N1)C(C)=C(/C=C(\C)c1cccc(-c3ccccn3)n1)C(=C/C(=C)C1C=c3ccccc3=CC1)/C2=C\C. The van der Waals surface area contributed by atoms with Gasteiger partial charge in [0.2, 0.25) is 0 Å². The number of nitrogens with zero attached hydrogens (tertiary/aromatic N) is 4. The van der Waals surface area contributed by atoms with Crippen molar-refractivity contribution in [1.82, 2.24) is 14.9 Å². The summed E-state index contributed by atoms with van der Waals surface area (Å²) >= 11 is 0. The van der Waals surface area contributed by atoms with Crippen LogP contribution in [0.1, 0.15) is 32.9 Å². The highest BCUT2D eigenvalue weighted by Gasteiger charge is 2.30. The van der Waals surface area contributed by atoms with Gasteiger partial charge in [-0.05, 0) is 102 Å². The first kappa shape index (κ1) is 29.7. The fourth-order valence-electron chi connectivity index (χ4n) is 6.03. The van der Waals surface area contributed by atoms with Crippen LogP contribution in [0.3, 0.4) is 0 Å². The van der Waals surface area contributed by atoms with Crippen LogP contribution in [0.5, 0.6) is 0 Å². The molecule has 1 aromatic carbocycles. The zero-order chi connectivity index (χ0) is 31.3. The van der Waals surface area contributed by atoms with Crippen LogP contribution in [0.2, 0.25) is 0 Å². The van der Waals surface area contributed by atoms with E-state index in [-0.39, 0.29) is 5.92 Å². The molecule has 0 amide bonds. The minimum atomic E-state index is 0.211. The molecule has 4 nitrogen and oxygen atoms in total. The number of rotatable bonds is 5. The zero-order valence-corrected chi connectivity index (χ0v) is 26.2. The maximum absolute atomic E-state index is 5.02. The molecule has 1 atom stereocenters. The quantitative estimate of drug-likeness (QED) is 0.305. The molecule has 1 aliphatic carbocycles. The lowest BCUT2D eigenvalue weighted by Crippen LogP contribution is -2.36. The summed E-state index contributed by atoms with van der Waals surface area (Å²) in [7, 11) is 0. The standard InChI is InChI=1S/C41H38N4/c1-6-40-36(25-28(2)33-22-21-32-16-9-10-17-34(32)27-33)35(31(5)41-43-30(4)15-8-7-13-24-45(40)41)26-29(3)37-19-14-20-39(44-37)38-18-11-12-23-42-38/h6-21,23,25-27,33H,2,4,22,24H2,1,3,5H3/b13-7-,15-8-,29-26+,36-25-,40-6+,43-41?. The summed E-state index contributed by atoms with van der Waals surface area (Å²) in [4.78, 5) is 16.8. The van der Waals surface area contributed by atoms with Crippen molar-refractivity contribution >= 4 is 23.6 Å². The summed E-state index contributed by atoms with van der Waals surface area (Å²) in [5.41, 5.74) is 9.83. The van der Waals surface area contributed by atoms with Gasteiger partial charge in [0.15, 0.2) is 0 Å². The molecule has 0 bridgehead atoms. The van der Waals surface area contributed by atoms with Crippen LogP contribution in [0.4, 0.5) is 0 Å². The Labute approximate surface area is 266 Å². The average molecular weight is 587 g/mol. The van der Waals surface area contributed by atoms with E-state index in [1.54, 1.807) is 6.20 Å². The van der Waals surface area contributed by atoms with Gasteiger partial charge in [-0.3, -0.25) is 4.98 Å². The summed E-state index contributed by atoms with van der Waals surface area (Å²) in [6.07, 6.45) is 22.3. The number of aliphatic imine (C=N–C) groups is 1. The highest BCUT2D eigenvalue weighted by atomic mass is 15.2. The lowest BCUT2D eigenvalue weighted by atomic mass is 9.85. The van der Waals surface area contributed by atoms with Crippen molar-refractivity contribution in [3.05, 3.63) is 172 Å². The van der Waals surface area contributed by atoms with Gasteiger partial charge in [-0.2, -0.15) is 0 Å².